The molecule has 0 amide bonds. The third-order valence-electron chi connectivity index (χ3n) is 2.37. The Bertz CT molecular complexity index is 103. The Morgan fingerprint density at radius 2 is 1.15 bits per heavy atom. The summed E-state index contributed by atoms with van der Waals surface area (Å²) in [6.07, 6.45) is 17.0. The van der Waals surface area contributed by atoms with Crippen molar-refractivity contribution in [3.05, 3.63) is 12.2 Å². The van der Waals surface area contributed by atoms with Crippen LogP contribution in [0.2, 0.25) is 0 Å². The van der Waals surface area contributed by atoms with Gasteiger partial charge in [0.05, 0.1) is 0 Å². The number of hydrogen-bond acceptors (Lipinski definition) is 0. The van der Waals surface area contributed by atoms with Crippen LogP contribution in [0.3, 0.4) is 0 Å². The van der Waals surface area contributed by atoms with Gasteiger partial charge in [-0.15, -0.1) is 0 Å². The smallest absolute Gasteiger partial charge is 0.0351 e. The molecule has 0 radical (unpaired) electrons. The maximum Gasteiger partial charge on any atom is -0.0351 e. The summed E-state index contributed by atoms with van der Waals surface area (Å²) < 4.78 is 0. The van der Waals surface area contributed by atoms with E-state index in [1.807, 2.05) is 0 Å². The topological polar surface area (TPSA) is 0 Å². The quantitative estimate of drug-likeness (QED) is 0.344. The molecule has 0 bridgehead atoms. The molecule has 0 nitrogen and oxygen atoms in total. The molecule has 0 heteroatoms. The molecule has 0 rings (SSSR count). The number of unbranched alkanes of at least 4 members (excludes halogenated alkanes) is 7. The van der Waals surface area contributed by atoms with Crippen LogP contribution < -0.4 is 0 Å². The lowest BCUT2D eigenvalue weighted by Crippen LogP contribution is -1.76. The summed E-state index contributed by atoms with van der Waals surface area (Å²) in [5, 5.41) is 0. The maximum absolute atomic E-state index is 2.36. The average Bonchev–Trinajstić information content (AvgIpc) is 2.16. The second-order valence-corrected chi connectivity index (χ2v) is 3.82. The first-order valence-corrected chi connectivity index (χ1v) is 6.06. The largest absolute Gasteiger partial charge is 0.0885 e. The molecule has 13 heavy (non-hydrogen) atoms. The van der Waals surface area contributed by atoms with Gasteiger partial charge in [0.2, 0.25) is 0 Å². The summed E-state index contributed by atoms with van der Waals surface area (Å²) in [6, 6.07) is 0. The Balaban J connectivity index is 2.93. The molecule has 0 unspecified atom stereocenters. The van der Waals surface area contributed by atoms with Gasteiger partial charge in [-0.05, 0) is 19.3 Å². The predicted octanol–water partition coefficient (Wildman–Crippen LogP) is 5.09. The van der Waals surface area contributed by atoms with E-state index in [0.29, 0.717) is 0 Å². The monoisotopic (exact) mass is 182 g/mol. The van der Waals surface area contributed by atoms with Gasteiger partial charge in [-0.1, -0.05) is 64.5 Å². The molecule has 0 aromatic heterocycles. The third kappa shape index (κ3) is 11.7. The van der Waals surface area contributed by atoms with Crippen LogP contribution in [0.25, 0.3) is 0 Å². The van der Waals surface area contributed by atoms with Gasteiger partial charge in [0.25, 0.3) is 0 Å². The molecule has 0 saturated heterocycles. The van der Waals surface area contributed by atoms with Crippen LogP contribution in [-0.4, -0.2) is 0 Å². The highest BCUT2D eigenvalue weighted by Crippen LogP contribution is 2.06. The lowest BCUT2D eigenvalue weighted by molar-refractivity contribution is 0.637. The van der Waals surface area contributed by atoms with E-state index in [2.05, 4.69) is 26.0 Å². The molecule has 0 aromatic rings. The van der Waals surface area contributed by atoms with Crippen LogP contribution in [0.1, 0.15) is 71.6 Å². The van der Waals surface area contributed by atoms with E-state index in [1.165, 1.54) is 57.8 Å². The highest BCUT2D eigenvalue weighted by atomic mass is 13.9. The summed E-state index contributed by atoms with van der Waals surface area (Å²) in [5.41, 5.74) is 0. The molecule has 0 aromatic carbocycles. The van der Waals surface area contributed by atoms with Gasteiger partial charge in [0, 0.05) is 0 Å². The minimum atomic E-state index is 1.28. The summed E-state index contributed by atoms with van der Waals surface area (Å²) >= 11 is 0. The van der Waals surface area contributed by atoms with Crippen LogP contribution >= 0.6 is 0 Å². The van der Waals surface area contributed by atoms with E-state index in [0.717, 1.165) is 0 Å². The molecule has 0 aliphatic carbocycles. The summed E-state index contributed by atoms with van der Waals surface area (Å²) in [4.78, 5) is 0. The van der Waals surface area contributed by atoms with E-state index < -0.39 is 0 Å². The van der Waals surface area contributed by atoms with Crippen LogP contribution in [0.5, 0.6) is 0 Å². The van der Waals surface area contributed by atoms with Crippen molar-refractivity contribution in [1.29, 1.82) is 0 Å². The van der Waals surface area contributed by atoms with Crippen LogP contribution in [0.15, 0.2) is 12.2 Å². The van der Waals surface area contributed by atoms with E-state index in [1.54, 1.807) is 0 Å². The molecule has 0 atom stereocenters. The Morgan fingerprint density at radius 1 is 0.615 bits per heavy atom. The van der Waals surface area contributed by atoms with Crippen LogP contribution in [-0.2, 0) is 0 Å². The van der Waals surface area contributed by atoms with Crippen molar-refractivity contribution in [3.8, 4) is 0 Å². The lowest BCUT2D eigenvalue weighted by atomic mass is 10.1. The fourth-order valence-electron chi connectivity index (χ4n) is 1.42. The Kier molecular flexibility index (Phi) is 11.5. The van der Waals surface area contributed by atoms with Crippen molar-refractivity contribution in [3.63, 3.8) is 0 Å². The van der Waals surface area contributed by atoms with Crippen molar-refractivity contribution < 1.29 is 0 Å². The number of rotatable bonds is 9. The molecule has 0 aliphatic heterocycles. The standard InChI is InChI=1S/C13H26/c1-3-5-7-9-11-13-12-10-8-6-4-2/h9,11H,3-8,10,12-13H2,1-2H3/b11-9-. The minimum absolute atomic E-state index is 1.28. The van der Waals surface area contributed by atoms with E-state index in [9.17, 15) is 0 Å². The van der Waals surface area contributed by atoms with Crippen molar-refractivity contribution in [2.24, 2.45) is 0 Å². The average molecular weight is 182 g/mol. The number of allylic oxidation sites excluding steroid dienone is 2. The molecule has 0 spiro atoms. The summed E-state index contributed by atoms with van der Waals surface area (Å²) in [7, 11) is 0. The van der Waals surface area contributed by atoms with Crippen LogP contribution in [0.4, 0.5) is 0 Å². The van der Waals surface area contributed by atoms with E-state index in [-0.39, 0.29) is 0 Å². The highest BCUT2D eigenvalue weighted by Gasteiger charge is 1.86. The first-order valence-electron chi connectivity index (χ1n) is 6.06. The molecular formula is C13H26. The fraction of sp³-hybridized carbons (Fsp3) is 0.846. The molecule has 0 fully saturated rings. The normalized spacial score (nSPS) is 11.2. The fourth-order valence-corrected chi connectivity index (χ4v) is 1.42. The van der Waals surface area contributed by atoms with Gasteiger partial charge in [-0.2, -0.15) is 0 Å². The predicted molar refractivity (Wildman–Crippen MR) is 62.0 cm³/mol. The Morgan fingerprint density at radius 3 is 1.77 bits per heavy atom. The van der Waals surface area contributed by atoms with Gasteiger partial charge in [0.15, 0.2) is 0 Å². The zero-order valence-corrected chi connectivity index (χ0v) is 9.52. The Hall–Kier alpha value is -0.260. The highest BCUT2D eigenvalue weighted by molar-refractivity contribution is 4.80. The first kappa shape index (κ1) is 12.7. The van der Waals surface area contributed by atoms with E-state index in [4.69, 9.17) is 0 Å². The SMILES string of the molecule is CCCC/C=C\CCCCCCC. The second-order valence-electron chi connectivity index (χ2n) is 3.82. The second kappa shape index (κ2) is 11.7. The van der Waals surface area contributed by atoms with E-state index >= 15 is 0 Å². The maximum atomic E-state index is 2.36. The van der Waals surface area contributed by atoms with Crippen molar-refractivity contribution in [2.45, 2.75) is 71.6 Å². The first-order chi connectivity index (χ1) is 6.41. The molecule has 0 N–H and O–H groups in total. The van der Waals surface area contributed by atoms with Gasteiger partial charge in [0.1, 0.15) is 0 Å². The number of hydrogen-bond donors (Lipinski definition) is 0. The minimum Gasteiger partial charge on any atom is -0.0885 e. The molecule has 0 heterocycles. The van der Waals surface area contributed by atoms with Gasteiger partial charge < -0.3 is 0 Å². The molecule has 0 aliphatic rings. The van der Waals surface area contributed by atoms with Gasteiger partial charge in [-0.3, -0.25) is 0 Å². The molecule has 78 valence electrons. The summed E-state index contributed by atoms with van der Waals surface area (Å²) in [5.74, 6) is 0. The Labute approximate surface area is 84.4 Å². The van der Waals surface area contributed by atoms with Gasteiger partial charge in [-0.25, -0.2) is 0 Å². The van der Waals surface area contributed by atoms with Gasteiger partial charge >= 0.3 is 0 Å². The molecule has 0 saturated carbocycles. The lowest BCUT2D eigenvalue weighted by Gasteiger charge is -1.96. The molecular weight excluding hydrogens is 156 g/mol. The zero-order valence-electron chi connectivity index (χ0n) is 9.52. The zero-order chi connectivity index (χ0) is 9.78. The van der Waals surface area contributed by atoms with Crippen molar-refractivity contribution in [1.82, 2.24) is 0 Å². The van der Waals surface area contributed by atoms with Crippen LogP contribution in [0, 0.1) is 0 Å². The van der Waals surface area contributed by atoms with Crippen molar-refractivity contribution in [2.75, 3.05) is 0 Å². The van der Waals surface area contributed by atoms with Crippen molar-refractivity contribution >= 4 is 0 Å². The third-order valence-corrected chi connectivity index (χ3v) is 2.37. The summed E-state index contributed by atoms with van der Waals surface area (Å²) in [6.45, 7) is 4.52.